The summed E-state index contributed by atoms with van der Waals surface area (Å²) in [6, 6.07) is 0. The largest absolute Gasteiger partial charge is 0.471 e. The van der Waals surface area contributed by atoms with Crippen LogP contribution in [0.2, 0.25) is 0 Å². The molecule has 1 aromatic heterocycles. The second-order valence-corrected chi connectivity index (χ2v) is 1.79. The first-order valence-corrected chi connectivity index (χ1v) is 2.73. The topological polar surface area (TPSA) is 70.7 Å². The minimum absolute atomic E-state index is 0.336. The number of alkyl halides is 3. The first-order chi connectivity index (χ1) is 5.50. The van der Waals surface area contributed by atoms with E-state index in [1.54, 1.807) is 0 Å². The van der Waals surface area contributed by atoms with Gasteiger partial charge in [-0.15, -0.1) is 0 Å². The lowest BCUT2D eigenvalue weighted by atomic mass is 10.6. The maximum Gasteiger partial charge on any atom is 0.471 e. The number of nitrogens with zero attached hydrogens (tertiary/aromatic N) is 2. The summed E-state index contributed by atoms with van der Waals surface area (Å²) in [6.45, 7) is 0. The van der Waals surface area contributed by atoms with Gasteiger partial charge in [0.15, 0.2) is 0 Å². The van der Waals surface area contributed by atoms with Gasteiger partial charge in [0.25, 0.3) is 0 Å². The summed E-state index contributed by atoms with van der Waals surface area (Å²) in [5.74, 6) is -2.42. The maximum absolute atomic E-state index is 11.6. The van der Waals surface area contributed by atoms with Gasteiger partial charge in [-0.25, -0.2) is 5.10 Å². The number of halogens is 3. The fourth-order valence-electron chi connectivity index (χ4n) is 0.444. The number of amides is 1. The smallest absolute Gasteiger partial charge is 0.287 e. The zero-order valence-corrected chi connectivity index (χ0v) is 5.51. The quantitative estimate of drug-likeness (QED) is 0.653. The minimum atomic E-state index is -4.91. The van der Waals surface area contributed by atoms with E-state index in [1.165, 1.54) is 5.32 Å². The highest BCUT2D eigenvalue weighted by Crippen LogP contribution is 2.15. The third-order valence-electron chi connectivity index (χ3n) is 0.904. The van der Waals surface area contributed by atoms with E-state index < -0.39 is 12.1 Å². The van der Waals surface area contributed by atoms with Crippen LogP contribution in [0.3, 0.4) is 0 Å². The maximum atomic E-state index is 11.6. The molecule has 8 heteroatoms. The molecule has 2 N–H and O–H groups in total. The molecule has 0 aromatic carbocycles. The fourth-order valence-corrected chi connectivity index (χ4v) is 0.444. The van der Waals surface area contributed by atoms with Crippen molar-refractivity contribution in [3.8, 4) is 0 Å². The van der Waals surface area contributed by atoms with Gasteiger partial charge in [-0.3, -0.25) is 10.1 Å². The molecular weight excluding hydrogens is 177 g/mol. The van der Waals surface area contributed by atoms with E-state index in [9.17, 15) is 18.0 Å². The molecule has 0 atom stereocenters. The van der Waals surface area contributed by atoms with Crippen molar-refractivity contribution in [1.82, 2.24) is 15.2 Å². The number of H-pyrrole nitrogens is 1. The van der Waals surface area contributed by atoms with E-state index >= 15 is 0 Å². The second kappa shape index (κ2) is 2.80. The molecule has 1 amide bonds. The molecule has 1 rings (SSSR count). The molecule has 0 spiro atoms. The zero-order chi connectivity index (χ0) is 9.19. The van der Waals surface area contributed by atoms with Crippen LogP contribution in [0.1, 0.15) is 0 Å². The van der Waals surface area contributed by atoms with Gasteiger partial charge >= 0.3 is 12.1 Å². The normalized spacial score (nSPS) is 11.2. The minimum Gasteiger partial charge on any atom is -0.287 e. The number of hydrogen-bond acceptors (Lipinski definition) is 3. The molecule has 12 heavy (non-hydrogen) atoms. The molecule has 1 aromatic rings. The molecule has 0 aliphatic rings. The van der Waals surface area contributed by atoms with Crippen molar-refractivity contribution in [2.75, 3.05) is 5.32 Å². The predicted octanol–water partition coefficient (Wildman–Crippen LogP) is 0.305. The van der Waals surface area contributed by atoms with E-state index in [4.69, 9.17) is 0 Å². The lowest BCUT2D eigenvalue weighted by molar-refractivity contribution is -0.167. The van der Waals surface area contributed by atoms with Crippen molar-refractivity contribution in [2.24, 2.45) is 0 Å². The van der Waals surface area contributed by atoms with Crippen LogP contribution >= 0.6 is 0 Å². The Bertz CT molecular complexity index is 266. The first-order valence-electron chi connectivity index (χ1n) is 2.73. The summed E-state index contributed by atoms with van der Waals surface area (Å²) in [5, 5.41) is 6.75. The molecule has 5 nitrogen and oxygen atoms in total. The van der Waals surface area contributed by atoms with Crippen molar-refractivity contribution in [3.63, 3.8) is 0 Å². The van der Waals surface area contributed by atoms with Gasteiger partial charge in [-0.1, -0.05) is 0 Å². The molecule has 66 valence electrons. The predicted molar refractivity (Wildman–Crippen MR) is 31.1 cm³/mol. The third-order valence-corrected chi connectivity index (χ3v) is 0.904. The molecule has 0 radical (unpaired) electrons. The van der Waals surface area contributed by atoms with Gasteiger partial charge < -0.3 is 0 Å². The summed E-state index contributed by atoms with van der Waals surface area (Å²) in [6.07, 6.45) is -3.93. The van der Waals surface area contributed by atoms with Crippen molar-refractivity contribution in [2.45, 2.75) is 6.18 Å². The number of nitrogens with one attached hydrogen (secondary N) is 2. The molecular formula is C4H3F3N4O. The number of carbonyl (C=O) groups is 1. The average molecular weight is 180 g/mol. The van der Waals surface area contributed by atoms with Gasteiger partial charge in [0.2, 0.25) is 5.95 Å². The Balaban J connectivity index is 2.60. The van der Waals surface area contributed by atoms with E-state index in [-0.39, 0.29) is 5.95 Å². The first kappa shape index (κ1) is 8.50. The van der Waals surface area contributed by atoms with Crippen LogP contribution in [-0.4, -0.2) is 27.3 Å². The van der Waals surface area contributed by atoms with E-state index in [2.05, 4.69) is 10.1 Å². The summed E-state index contributed by atoms with van der Waals surface area (Å²) < 4.78 is 34.7. The number of aromatic amines is 1. The molecule has 0 fully saturated rings. The van der Waals surface area contributed by atoms with Crippen LogP contribution in [0.4, 0.5) is 19.1 Å². The van der Waals surface area contributed by atoms with Gasteiger partial charge in [0, 0.05) is 0 Å². The van der Waals surface area contributed by atoms with Crippen LogP contribution in [-0.2, 0) is 4.79 Å². The van der Waals surface area contributed by atoms with E-state index in [0.717, 1.165) is 6.33 Å². The summed E-state index contributed by atoms with van der Waals surface area (Å²) in [5.41, 5.74) is 0. The number of hydrogen-bond donors (Lipinski definition) is 2. The highest BCUT2D eigenvalue weighted by molar-refractivity contribution is 5.93. The van der Waals surface area contributed by atoms with Crippen molar-refractivity contribution < 1.29 is 18.0 Å². The number of rotatable bonds is 1. The van der Waals surface area contributed by atoms with Crippen LogP contribution in [0.25, 0.3) is 0 Å². The Morgan fingerprint density at radius 2 is 2.25 bits per heavy atom. The molecule has 1 heterocycles. The Hall–Kier alpha value is -1.60. The van der Waals surface area contributed by atoms with Crippen LogP contribution in [0.15, 0.2) is 6.33 Å². The van der Waals surface area contributed by atoms with Gasteiger partial charge in [-0.2, -0.15) is 23.3 Å². The number of aromatic nitrogens is 3. The van der Waals surface area contributed by atoms with Crippen LogP contribution < -0.4 is 5.32 Å². The SMILES string of the molecule is O=C(Nc1ncn[nH]1)C(F)(F)F. The zero-order valence-electron chi connectivity index (χ0n) is 5.51. The highest BCUT2D eigenvalue weighted by atomic mass is 19.4. The van der Waals surface area contributed by atoms with Gasteiger partial charge in [0.05, 0.1) is 0 Å². The average Bonchev–Trinajstić information content (AvgIpc) is 2.37. The second-order valence-electron chi connectivity index (χ2n) is 1.79. The number of carbonyl (C=O) groups excluding carboxylic acids is 1. The summed E-state index contributed by atoms with van der Waals surface area (Å²) in [4.78, 5) is 13.5. The van der Waals surface area contributed by atoms with E-state index in [1.807, 2.05) is 5.10 Å². The Morgan fingerprint density at radius 3 is 2.67 bits per heavy atom. The Kier molecular flexibility index (Phi) is 1.98. The van der Waals surface area contributed by atoms with Gasteiger partial charge in [0.1, 0.15) is 6.33 Å². The number of anilines is 1. The third kappa shape index (κ3) is 1.94. The standard InChI is InChI=1S/C4H3F3N4O/c5-4(6,7)2(12)10-3-8-1-9-11-3/h1H,(H2,8,9,10,11,12). The van der Waals surface area contributed by atoms with Crippen molar-refractivity contribution >= 4 is 11.9 Å². The molecule has 0 saturated heterocycles. The van der Waals surface area contributed by atoms with Crippen molar-refractivity contribution in [3.05, 3.63) is 6.33 Å². The molecule has 0 saturated carbocycles. The van der Waals surface area contributed by atoms with Crippen LogP contribution in [0, 0.1) is 0 Å². The lowest BCUT2D eigenvalue weighted by Crippen LogP contribution is -2.30. The highest BCUT2D eigenvalue weighted by Gasteiger charge is 2.39. The lowest BCUT2D eigenvalue weighted by Gasteiger charge is -2.03. The molecule has 0 aliphatic carbocycles. The Morgan fingerprint density at radius 1 is 1.58 bits per heavy atom. The van der Waals surface area contributed by atoms with Crippen LogP contribution in [0.5, 0.6) is 0 Å². The molecule has 0 unspecified atom stereocenters. The summed E-state index contributed by atoms with van der Waals surface area (Å²) in [7, 11) is 0. The van der Waals surface area contributed by atoms with Crippen molar-refractivity contribution in [1.29, 1.82) is 0 Å². The van der Waals surface area contributed by atoms with Gasteiger partial charge in [-0.05, 0) is 0 Å². The molecule has 0 aliphatic heterocycles. The monoisotopic (exact) mass is 180 g/mol. The fraction of sp³-hybridized carbons (Fsp3) is 0.250. The molecule has 0 bridgehead atoms. The Labute approximate surface area is 64.0 Å². The van der Waals surface area contributed by atoms with E-state index in [0.29, 0.717) is 0 Å². The summed E-state index contributed by atoms with van der Waals surface area (Å²) >= 11 is 0.